The van der Waals surface area contributed by atoms with Crippen molar-refractivity contribution in [3.63, 3.8) is 0 Å². The lowest BCUT2D eigenvalue weighted by molar-refractivity contribution is -0.142. The second-order valence-electron chi connectivity index (χ2n) is 4.40. The van der Waals surface area contributed by atoms with E-state index in [9.17, 15) is 18.4 Å². The molecule has 0 spiro atoms. The first-order valence-corrected chi connectivity index (χ1v) is 5.77. The van der Waals surface area contributed by atoms with Crippen molar-refractivity contribution in [1.29, 1.82) is 0 Å². The molecule has 0 aliphatic carbocycles. The molecule has 0 aliphatic rings. The molecule has 1 amide bonds. The Morgan fingerprint density at radius 1 is 1.32 bits per heavy atom. The van der Waals surface area contributed by atoms with Gasteiger partial charge in [0.15, 0.2) is 0 Å². The van der Waals surface area contributed by atoms with Gasteiger partial charge in [0.25, 0.3) is 0 Å². The highest BCUT2D eigenvalue weighted by Gasteiger charge is 2.21. The molecule has 0 saturated heterocycles. The Morgan fingerprint density at radius 3 is 2.53 bits per heavy atom. The highest BCUT2D eigenvalue weighted by molar-refractivity contribution is 5.80. The van der Waals surface area contributed by atoms with Crippen LogP contribution in [0.15, 0.2) is 18.2 Å². The van der Waals surface area contributed by atoms with E-state index in [0.29, 0.717) is 0 Å². The molecule has 1 aromatic carbocycles. The highest BCUT2D eigenvalue weighted by Crippen LogP contribution is 2.11. The van der Waals surface area contributed by atoms with E-state index in [1.165, 1.54) is 6.92 Å². The van der Waals surface area contributed by atoms with Crippen molar-refractivity contribution >= 4 is 11.9 Å². The van der Waals surface area contributed by atoms with Gasteiger partial charge in [-0.3, -0.25) is 9.59 Å². The summed E-state index contributed by atoms with van der Waals surface area (Å²) in [7, 11) is 0. The molecule has 19 heavy (non-hydrogen) atoms. The van der Waals surface area contributed by atoms with Crippen LogP contribution in [0, 0.1) is 17.6 Å². The number of benzene rings is 1. The number of carbonyl (C=O) groups is 2. The van der Waals surface area contributed by atoms with Gasteiger partial charge in [-0.1, -0.05) is 0 Å². The maximum atomic E-state index is 13.3. The highest BCUT2D eigenvalue weighted by atomic mass is 19.1. The summed E-state index contributed by atoms with van der Waals surface area (Å²) in [6.45, 7) is 2.99. The Balaban J connectivity index is 2.65. The van der Waals surface area contributed by atoms with Crippen LogP contribution >= 0.6 is 0 Å². The predicted molar refractivity (Wildman–Crippen MR) is 64.5 cm³/mol. The molecule has 0 aromatic heterocycles. The van der Waals surface area contributed by atoms with Gasteiger partial charge in [0.05, 0.1) is 12.3 Å². The fourth-order valence-corrected chi connectivity index (χ4v) is 1.50. The number of carboxylic acid groups (broad SMARTS) is 1. The van der Waals surface area contributed by atoms with E-state index in [2.05, 4.69) is 5.32 Å². The van der Waals surface area contributed by atoms with E-state index < -0.39 is 35.5 Å². The molecule has 1 aromatic rings. The Hall–Kier alpha value is -1.98. The molecule has 2 unspecified atom stereocenters. The molecule has 4 nitrogen and oxygen atoms in total. The number of halogens is 2. The predicted octanol–water partition coefficient (Wildman–Crippen LogP) is 1.73. The van der Waals surface area contributed by atoms with Crippen LogP contribution < -0.4 is 5.32 Å². The molecule has 0 aliphatic heterocycles. The van der Waals surface area contributed by atoms with E-state index in [1.807, 2.05) is 0 Å². The number of hydrogen-bond donors (Lipinski definition) is 2. The first-order chi connectivity index (χ1) is 8.81. The zero-order chi connectivity index (χ0) is 14.6. The van der Waals surface area contributed by atoms with Gasteiger partial charge in [0, 0.05) is 11.6 Å². The Kier molecular flexibility index (Phi) is 4.97. The van der Waals surface area contributed by atoms with Gasteiger partial charge in [-0.05, 0) is 32.0 Å². The molecule has 0 heterocycles. The lowest BCUT2D eigenvalue weighted by Crippen LogP contribution is -2.40. The summed E-state index contributed by atoms with van der Waals surface area (Å²) in [5.74, 6) is -3.65. The molecule has 1 rings (SSSR count). The third-order valence-corrected chi connectivity index (χ3v) is 2.89. The summed E-state index contributed by atoms with van der Waals surface area (Å²) >= 11 is 0. The van der Waals surface area contributed by atoms with Gasteiger partial charge < -0.3 is 10.4 Å². The fourth-order valence-electron chi connectivity index (χ4n) is 1.50. The average molecular weight is 271 g/mol. The van der Waals surface area contributed by atoms with Crippen LogP contribution in [0.25, 0.3) is 0 Å². The number of amides is 1. The molecular formula is C13H15F2NO3. The summed E-state index contributed by atoms with van der Waals surface area (Å²) < 4.78 is 26.2. The van der Waals surface area contributed by atoms with Gasteiger partial charge in [-0.25, -0.2) is 8.78 Å². The van der Waals surface area contributed by atoms with Crippen molar-refractivity contribution in [1.82, 2.24) is 5.32 Å². The van der Waals surface area contributed by atoms with Crippen LogP contribution in [0.4, 0.5) is 8.78 Å². The van der Waals surface area contributed by atoms with Gasteiger partial charge in [-0.15, -0.1) is 0 Å². The number of nitrogens with one attached hydrogen (secondary N) is 1. The van der Waals surface area contributed by atoms with Crippen LogP contribution in [-0.2, 0) is 16.0 Å². The molecule has 104 valence electrons. The van der Waals surface area contributed by atoms with Crippen molar-refractivity contribution in [2.75, 3.05) is 0 Å². The van der Waals surface area contributed by atoms with Gasteiger partial charge in [0.2, 0.25) is 5.91 Å². The van der Waals surface area contributed by atoms with Crippen LogP contribution in [-0.4, -0.2) is 23.0 Å². The molecule has 0 saturated carbocycles. The van der Waals surface area contributed by atoms with Crippen LogP contribution in [0.2, 0.25) is 0 Å². The quantitative estimate of drug-likeness (QED) is 0.857. The van der Waals surface area contributed by atoms with E-state index in [1.54, 1.807) is 6.92 Å². The number of hydrogen-bond acceptors (Lipinski definition) is 2. The van der Waals surface area contributed by atoms with Gasteiger partial charge in [0.1, 0.15) is 11.6 Å². The smallest absolute Gasteiger partial charge is 0.308 e. The molecule has 0 bridgehead atoms. The molecule has 0 fully saturated rings. The maximum Gasteiger partial charge on any atom is 0.308 e. The number of carboxylic acids is 1. The van der Waals surface area contributed by atoms with Crippen molar-refractivity contribution < 1.29 is 23.5 Å². The molecule has 2 N–H and O–H groups in total. The van der Waals surface area contributed by atoms with E-state index in [-0.39, 0.29) is 12.0 Å². The minimum absolute atomic E-state index is 0.0623. The van der Waals surface area contributed by atoms with Crippen molar-refractivity contribution in [3.05, 3.63) is 35.4 Å². The third-order valence-electron chi connectivity index (χ3n) is 2.89. The first kappa shape index (κ1) is 15.1. The number of carbonyl (C=O) groups excluding carboxylic acids is 1. The summed E-state index contributed by atoms with van der Waals surface area (Å²) in [6, 6.07) is 2.26. The zero-order valence-corrected chi connectivity index (χ0v) is 10.6. The van der Waals surface area contributed by atoms with Crippen molar-refractivity contribution in [2.45, 2.75) is 26.3 Å². The van der Waals surface area contributed by atoms with E-state index in [0.717, 1.165) is 18.2 Å². The largest absolute Gasteiger partial charge is 0.481 e. The van der Waals surface area contributed by atoms with Crippen molar-refractivity contribution in [3.8, 4) is 0 Å². The van der Waals surface area contributed by atoms with Crippen LogP contribution in [0.5, 0.6) is 0 Å². The topological polar surface area (TPSA) is 66.4 Å². The second kappa shape index (κ2) is 6.26. The van der Waals surface area contributed by atoms with E-state index >= 15 is 0 Å². The molecular weight excluding hydrogens is 256 g/mol. The SMILES string of the molecule is CC(NC(=O)Cc1cc(F)ccc1F)C(C)C(=O)O. The maximum absolute atomic E-state index is 13.3. The summed E-state index contributed by atoms with van der Waals surface area (Å²) in [5, 5.41) is 11.2. The average Bonchev–Trinajstić information content (AvgIpc) is 2.32. The summed E-state index contributed by atoms with van der Waals surface area (Å²) in [4.78, 5) is 22.3. The third kappa shape index (κ3) is 4.31. The minimum Gasteiger partial charge on any atom is -0.481 e. The number of rotatable bonds is 5. The fraction of sp³-hybridized carbons (Fsp3) is 0.385. The summed E-state index contributed by atoms with van der Waals surface area (Å²) in [5.41, 5.74) is -0.0623. The Bertz CT molecular complexity index is 491. The van der Waals surface area contributed by atoms with E-state index in [4.69, 9.17) is 5.11 Å². The van der Waals surface area contributed by atoms with Gasteiger partial charge >= 0.3 is 5.97 Å². The summed E-state index contributed by atoms with van der Waals surface area (Å²) in [6.07, 6.45) is -0.333. The van der Waals surface area contributed by atoms with Crippen LogP contribution in [0.3, 0.4) is 0 Å². The standard InChI is InChI=1S/C13H15F2NO3/c1-7(13(18)19)8(2)16-12(17)6-9-5-10(14)3-4-11(9)15/h3-5,7-8H,6H2,1-2H3,(H,16,17)(H,18,19). The Labute approximate surface area is 109 Å². The lowest BCUT2D eigenvalue weighted by Gasteiger charge is -2.17. The molecule has 6 heteroatoms. The first-order valence-electron chi connectivity index (χ1n) is 5.77. The monoisotopic (exact) mass is 271 g/mol. The van der Waals surface area contributed by atoms with Crippen molar-refractivity contribution in [2.24, 2.45) is 5.92 Å². The normalized spacial score (nSPS) is 13.7. The minimum atomic E-state index is -1.04. The van der Waals surface area contributed by atoms with Crippen LogP contribution in [0.1, 0.15) is 19.4 Å². The number of aliphatic carboxylic acids is 1. The van der Waals surface area contributed by atoms with Gasteiger partial charge in [-0.2, -0.15) is 0 Å². The molecule has 2 atom stereocenters. The zero-order valence-electron chi connectivity index (χ0n) is 10.6. The lowest BCUT2D eigenvalue weighted by atomic mass is 10.0. The Morgan fingerprint density at radius 2 is 1.95 bits per heavy atom. The second-order valence-corrected chi connectivity index (χ2v) is 4.40. The molecule has 0 radical (unpaired) electrons.